The highest BCUT2D eigenvalue weighted by atomic mass is 16.5. The summed E-state index contributed by atoms with van der Waals surface area (Å²) in [5.41, 5.74) is 4.78. The van der Waals surface area contributed by atoms with Gasteiger partial charge in [0.05, 0.1) is 0 Å². The van der Waals surface area contributed by atoms with Crippen molar-refractivity contribution in [1.29, 1.82) is 0 Å². The van der Waals surface area contributed by atoms with Crippen molar-refractivity contribution in [2.24, 2.45) is 0 Å². The Morgan fingerprint density at radius 2 is 1.00 bits per heavy atom. The molecule has 3 rings (SSSR count). The van der Waals surface area contributed by atoms with Crippen molar-refractivity contribution in [3.8, 4) is 0 Å². The van der Waals surface area contributed by atoms with E-state index >= 15 is 0 Å². The summed E-state index contributed by atoms with van der Waals surface area (Å²) in [5.74, 6) is -3.38. The summed E-state index contributed by atoms with van der Waals surface area (Å²) >= 11 is 0. The maximum absolute atomic E-state index is 9.47. The van der Waals surface area contributed by atoms with E-state index in [0.717, 1.165) is 36.8 Å². The first-order valence-electron chi connectivity index (χ1n) is 9.05. The summed E-state index contributed by atoms with van der Waals surface area (Å²) in [6.45, 7) is 0. The molecule has 0 aromatic heterocycles. The monoisotopic (exact) mass is 354 g/mol. The van der Waals surface area contributed by atoms with Gasteiger partial charge in [-0.15, -0.1) is 0 Å². The molecule has 0 radical (unpaired) electrons. The van der Waals surface area contributed by atoms with Gasteiger partial charge in [0.1, 0.15) is 0 Å². The summed E-state index contributed by atoms with van der Waals surface area (Å²) < 4.78 is 0. The zero-order chi connectivity index (χ0) is 18.6. The van der Waals surface area contributed by atoms with E-state index < -0.39 is 11.6 Å². The Balaban J connectivity index is 1.46. The highest BCUT2D eigenvalue weighted by molar-refractivity contribution is 5.30. The lowest BCUT2D eigenvalue weighted by Gasteiger charge is -2.20. The number of allylic oxidation sites excluding steroid dienone is 4. The minimum absolute atomic E-state index is 0.246. The van der Waals surface area contributed by atoms with E-state index in [0.29, 0.717) is 0 Å². The zero-order valence-corrected chi connectivity index (χ0v) is 14.8. The number of aliphatic hydroxyl groups is 4. The standard InChI is InChI=1S/C22H26O4/c23-21(24)13-9-19(10-14-21)7-5-17-1-2-18(4-3-17)6-8-20-11-15-22(25,26)16-12-20/h1-4,9-13,15,23-26H,5-8,14,16H2. The molecule has 1 aromatic carbocycles. The minimum atomic E-state index is -1.69. The second-order valence-corrected chi connectivity index (χ2v) is 7.21. The van der Waals surface area contributed by atoms with E-state index in [1.54, 1.807) is 12.2 Å². The van der Waals surface area contributed by atoms with Gasteiger partial charge >= 0.3 is 0 Å². The zero-order valence-electron chi connectivity index (χ0n) is 14.8. The lowest BCUT2D eigenvalue weighted by Crippen LogP contribution is -2.25. The number of rotatable bonds is 6. The third-order valence-electron chi connectivity index (χ3n) is 4.89. The second kappa shape index (κ2) is 7.72. The normalized spacial score (nSPS) is 20.6. The van der Waals surface area contributed by atoms with Crippen LogP contribution in [0.4, 0.5) is 0 Å². The average molecular weight is 354 g/mol. The van der Waals surface area contributed by atoms with Crippen LogP contribution in [0.2, 0.25) is 0 Å². The van der Waals surface area contributed by atoms with Gasteiger partial charge in [-0.05, 0) is 49.0 Å². The quantitative estimate of drug-likeness (QED) is 0.592. The summed E-state index contributed by atoms with van der Waals surface area (Å²) in [6, 6.07) is 8.56. The molecule has 0 saturated heterocycles. The molecule has 4 N–H and O–H groups in total. The summed E-state index contributed by atoms with van der Waals surface area (Å²) in [5, 5.41) is 37.9. The molecular weight excluding hydrogens is 328 g/mol. The van der Waals surface area contributed by atoms with Crippen LogP contribution in [-0.4, -0.2) is 32.0 Å². The summed E-state index contributed by atoms with van der Waals surface area (Å²) in [7, 11) is 0. The first-order valence-corrected chi connectivity index (χ1v) is 9.05. The molecule has 2 aliphatic carbocycles. The van der Waals surface area contributed by atoms with Gasteiger partial charge in [-0.3, -0.25) is 0 Å². The van der Waals surface area contributed by atoms with Crippen LogP contribution in [0.3, 0.4) is 0 Å². The molecular formula is C22H26O4. The first kappa shape index (κ1) is 18.8. The maximum Gasteiger partial charge on any atom is 0.186 e. The van der Waals surface area contributed by atoms with E-state index in [1.807, 2.05) is 12.2 Å². The fraction of sp³-hybridized carbons (Fsp3) is 0.364. The predicted molar refractivity (Wildman–Crippen MR) is 101 cm³/mol. The maximum atomic E-state index is 9.47. The SMILES string of the molecule is OC1(O)C=CC(CCc2ccc(CCC3=CCC(O)(O)C=C3)cc2)=CC1. The van der Waals surface area contributed by atoms with E-state index in [9.17, 15) is 20.4 Å². The Morgan fingerprint density at radius 1 is 0.615 bits per heavy atom. The number of aryl methyl sites for hydroxylation is 2. The molecule has 0 heterocycles. The molecule has 4 heteroatoms. The second-order valence-electron chi connectivity index (χ2n) is 7.21. The van der Waals surface area contributed by atoms with Crippen molar-refractivity contribution < 1.29 is 20.4 Å². The van der Waals surface area contributed by atoms with Crippen molar-refractivity contribution in [3.63, 3.8) is 0 Å². The third kappa shape index (κ3) is 5.51. The van der Waals surface area contributed by atoms with Gasteiger partial charge in [0.2, 0.25) is 0 Å². The van der Waals surface area contributed by atoms with Crippen molar-refractivity contribution in [3.05, 3.63) is 83.0 Å². The van der Waals surface area contributed by atoms with Gasteiger partial charge in [-0.25, -0.2) is 0 Å². The van der Waals surface area contributed by atoms with E-state index in [4.69, 9.17) is 0 Å². The van der Waals surface area contributed by atoms with Crippen LogP contribution in [-0.2, 0) is 12.8 Å². The average Bonchev–Trinajstić information content (AvgIpc) is 2.61. The largest absolute Gasteiger partial charge is 0.362 e. The third-order valence-corrected chi connectivity index (χ3v) is 4.89. The molecule has 4 nitrogen and oxygen atoms in total. The van der Waals surface area contributed by atoms with Gasteiger partial charge < -0.3 is 20.4 Å². The predicted octanol–water partition coefficient (Wildman–Crippen LogP) is 2.69. The van der Waals surface area contributed by atoms with Crippen LogP contribution in [0, 0.1) is 0 Å². The van der Waals surface area contributed by atoms with Crippen molar-refractivity contribution >= 4 is 0 Å². The highest BCUT2D eigenvalue weighted by Crippen LogP contribution is 2.23. The Labute approximate surface area is 154 Å². The smallest absolute Gasteiger partial charge is 0.186 e. The van der Waals surface area contributed by atoms with Crippen molar-refractivity contribution in [2.45, 2.75) is 50.1 Å². The molecule has 0 fully saturated rings. The molecule has 1 aromatic rings. The van der Waals surface area contributed by atoms with Gasteiger partial charge in [0, 0.05) is 12.8 Å². The Morgan fingerprint density at radius 3 is 1.31 bits per heavy atom. The fourth-order valence-corrected chi connectivity index (χ4v) is 3.14. The van der Waals surface area contributed by atoms with Gasteiger partial charge in [0.15, 0.2) is 11.6 Å². The fourth-order valence-electron chi connectivity index (χ4n) is 3.14. The summed E-state index contributed by atoms with van der Waals surface area (Å²) in [6.07, 6.45) is 14.3. The highest BCUT2D eigenvalue weighted by Gasteiger charge is 2.21. The first-order chi connectivity index (χ1) is 12.3. The van der Waals surface area contributed by atoms with E-state index in [2.05, 4.69) is 24.3 Å². The summed E-state index contributed by atoms with van der Waals surface area (Å²) in [4.78, 5) is 0. The van der Waals surface area contributed by atoms with Crippen LogP contribution in [0.5, 0.6) is 0 Å². The van der Waals surface area contributed by atoms with Crippen LogP contribution in [0.25, 0.3) is 0 Å². The molecule has 0 saturated carbocycles. The Bertz CT molecular complexity index is 684. The van der Waals surface area contributed by atoms with Crippen LogP contribution >= 0.6 is 0 Å². The molecule has 0 amide bonds. The Hall–Kier alpha value is -1.98. The molecule has 138 valence electrons. The number of hydrogen-bond acceptors (Lipinski definition) is 4. The van der Waals surface area contributed by atoms with Crippen LogP contribution < -0.4 is 0 Å². The topological polar surface area (TPSA) is 80.9 Å². The van der Waals surface area contributed by atoms with Crippen LogP contribution in [0.15, 0.2) is 71.9 Å². The van der Waals surface area contributed by atoms with Crippen molar-refractivity contribution in [2.75, 3.05) is 0 Å². The minimum Gasteiger partial charge on any atom is -0.362 e. The number of benzene rings is 1. The van der Waals surface area contributed by atoms with E-state index in [1.165, 1.54) is 23.3 Å². The lowest BCUT2D eigenvalue weighted by atomic mass is 9.95. The van der Waals surface area contributed by atoms with Crippen LogP contribution in [0.1, 0.15) is 36.8 Å². The van der Waals surface area contributed by atoms with Gasteiger partial charge in [-0.2, -0.15) is 0 Å². The molecule has 0 unspecified atom stereocenters. The van der Waals surface area contributed by atoms with E-state index in [-0.39, 0.29) is 12.8 Å². The Kier molecular flexibility index (Phi) is 5.58. The molecule has 0 atom stereocenters. The molecule has 0 bridgehead atoms. The lowest BCUT2D eigenvalue weighted by molar-refractivity contribution is -0.116. The molecule has 26 heavy (non-hydrogen) atoms. The van der Waals surface area contributed by atoms with Gasteiger partial charge in [-0.1, -0.05) is 59.7 Å². The number of hydrogen-bond donors (Lipinski definition) is 4. The molecule has 0 spiro atoms. The van der Waals surface area contributed by atoms with Gasteiger partial charge in [0.25, 0.3) is 0 Å². The molecule has 0 aliphatic heterocycles. The molecule has 2 aliphatic rings. The van der Waals surface area contributed by atoms with Crippen molar-refractivity contribution in [1.82, 2.24) is 0 Å².